The van der Waals surface area contributed by atoms with E-state index >= 15 is 0 Å². The van der Waals surface area contributed by atoms with E-state index in [2.05, 4.69) is 5.32 Å². The fraction of sp³-hybridized carbons (Fsp3) is 0.562. The van der Waals surface area contributed by atoms with Gasteiger partial charge in [0.2, 0.25) is 5.91 Å². The summed E-state index contributed by atoms with van der Waals surface area (Å²) in [6.45, 7) is 7.44. The van der Waals surface area contributed by atoms with Crippen molar-refractivity contribution in [3.63, 3.8) is 0 Å². The summed E-state index contributed by atoms with van der Waals surface area (Å²) in [7, 11) is 0. The van der Waals surface area contributed by atoms with E-state index in [1.54, 1.807) is 0 Å². The Morgan fingerprint density at radius 1 is 1.26 bits per heavy atom. The zero-order valence-corrected chi connectivity index (χ0v) is 12.2. The number of hydrogen-bond acceptors (Lipinski definition) is 2. The minimum atomic E-state index is -0.0489. The van der Waals surface area contributed by atoms with Crippen LogP contribution in [0.15, 0.2) is 30.3 Å². The lowest BCUT2D eigenvalue weighted by atomic mass is 9.96. The van der Waals surface area contributed by atoms with Crippen LogP contribution in [0.1, 0.15) is 45.1 Å². The fourth-order valence-corrected chi connectivity index (χ4v) is 1.98. The predicted octanol–water partition coefficient (Wildman–Crippen LogP) is 3.11. The van der Waals surface area contributed by atoms with Gasteiger partial charge in [-0.1, -0.05) is 37.3 Å². The van der Waals surface area contributed by atoms with Gasteiger partial charge in [0.05, 0.1) is 12.0 Å². The van der Waals surface area contributed by atoms with Crippen LogP contribution in [0.2, 0.25) is 0 Å². The smallest absolute Gasteiger partial charge is 0.227 e. The second kappa shape index (κ2) is 8.70. The van der Waals surface area contributed by atoms with E-state index in [1.807, 2.05) is 51.1 Å². The summed E-state index contributed by atoms with van der Waals surface area (Å²) in [4.78, 5) is 12.1. The first-order valence-electron chi connectivity index (χ1n) is 7.09. The van der Waals surface area contributed by atoms with Crippen LogP contribution >= 0.6 is 0 Å². The van der Waals surface area contributed by atoms with E-state index in [4.69, 9.17) is 4.74 Å². The van der Waals surface area contributed by atoms with E-state index in [1.165, 1.54) is 0 Å². The molecule has 0 aliphatic rings. The molecule has 0 heterocycles. The molecule has 0 saturated carbocycles. The van der Waals surface area contributed by atoms with Gasteiger partial charge in [0, 0.05) is 13.2 Å². The molecule has 0 radical (unpaired) electrons. The summed E-state index contributed by atoms with van der Waals surface area (Å²) < 4.78 is 5.44. The van der Waals surface area contributed by atoms with E-state index in [0.29, 0.717) is 13.2 Å². The molecule has 0 bridgehead atoms. The molecule has 1 aromatic carbocycles. The third-order valence-electron chi connectivity index (χ3n) is 3.00. The Morgan fingerprint density at radius 3 is 2.53 bits per heavy atom. The second-order valence-electron chi connectivity index (χ2n) is 4.94. The maximum absolute atomic E-state index is 12.1. The fourth-order valence-electron chi connectivity index (χ4n) is 1.98. The first kappa shape index (κ1) is 15.7. The van der Waals surface area contributed by atoms with Gasteiger partial charge in [-0.05, 0) is 32.3 Å². The van der Waals surface area contributed by atoms with Crippen molar-refractivity contribution in [2.75, 3.05) is 13.2 Å². The van der Waals surface area contributed by atoms with Crippen molar-refractivity contribution in [1.82, 2.24) is 5.32 Å². The topological polar surface area (TPSA) is 38.3 Å². The highest BCUT2D eigenvalue weighted by molar-refractivity contribution is 5.83. The molecule has 1 aromatic rings. The van der Waals surface area contributed by atoms with E-state index in [-0.39, 0.29) is 17.9 Å². The van der Waals surface area contributed by atoms with Crippen LogP contribution in [-0.4, -0.2) is 25.2 Å². The molecule has 0 spiro atoms. The number of hydrogen-bond donors (Lipinski definition) is 1. The lowest BCUT2D eigenvalue weighted by Crippen LogP contribution is -2.30. The van der Waals surface area contributed by atoms with Crippen molar-refractivity contribution < 1.29 is 9.53 Å². The Labute approximate surface area is 116 Å². The summed E-state index contributed by atoms with van der Waals surface area (Å²) in [6.07, 6.45) is 1.93. The molecule has 0 unspecified atom stereocenters. The third kappa shape index (κ3) is 5.88. The molecule has 3 nitrogen and oxygen atoms in total. The molecule has 3 heteroatoms. The Hall–Kier alpha value is -1.35. The monoisotopic (exact) mass is 263 g/mol. The standard InChI is InChI=1S/C16H25NO2/c1-4-15(14-9-6-5-7-10-14)16(18)17-11-8-12-19-13(2)3/h5-7,9-10,13,15H,4,8,11-12H2,1-3H3,(H,17,18)/t15-/m1/s1. The molecule has 1 amide bonds. The zero-order valence-electron chi connectivity index (χ0n) is 12.2. The van der Waals surface area contributed by atoms with Crippen molar-refractivity contribution in [2.45, 2.75) is 45.6 Å². The van der Waals surface area contributed by atoms with Gasteiger partial charge in [-0.3, -0.25) is 4.79 Å². The number of carbonyl (C=O) groups is 1. The number of rotatable bonds is 8. The molecule has 0 aromatic heterocycles. The van der Waals surface area contributed by atoms with Gasteiger partial charge in [-0.2, -0.15) is 0 Å². The highest BCUT2D eigenvalue weighted by Crippen LogP contribution is 2.18. The quantitative estimate of drug-likeness (QED) is 0.732. The highest BCUT2D eigenvalue weighted by Gasteiger charge is 2.17. The molecule has 0 aliphatic carbocycles. The first-order chi connectivity index (χ1) is 9.15. The first-order valence-corrected chi connectivity index (χ1v) is 7.09. The number of benzene rings is 1. The summed E-state index contributed by atoms with van der Waals surface area (Å²) >= 11 is 0. The molecular weight excluding hydrogens is 238 g/mol. The molecule has 1 rings (SSSR count). The van der Waals surface area contributed by atoms with Crippen molar-refractivity contribution in [3.05, 3.63) is 35.9 Å². The normalized spacial score (nSPS) is 12.4. The average molecular weight is 263 g/mol. The van der Waals surface area contributed by atoms with E-state index in [0.717, 1.165) is 18.4 Å². The van der Waals surface area contributed by atoms with Crippen LogP contribution in [0.25, 0.3) is 0 Å². The summed E-state index contributed by atoms with van der Waals surface area (Å²) in [5, 5.41) is 2.99. The minimum absolute atomic E-state index is 0.0489. The SMILES string of the molecule is CC[C@@H](C(=O)NCCCOC(C)C)c1ccccc1. The van der Waals surface area contributed by atoms with Gasteiger partial charge in [0.15, 0.2) is 0 Å². The minimum Gasteiger partial charge on any atom is -0.379 e. The van der Waals surface area contributed by atoms with Crippen LogP contribution in [0.4, 0.5) is 0 Å². The molecule has 0 aliphatic heterocycles. The summed E-state index contributed by atoms with van der Waals surface area (Å²) in [5.41, 5.74) is 1.08. The lowest BCUT2D eigenvalue weighted by Gasteiger charge is -2.15. The van der Waals surface area contributed by atoms with Crippen molar-refractivity contribution >= 4 is 5.91 Å². The van der Waals surface area contributed by atoms with Gasteiger partial charge in [-0.15, -0.1) is 0 Å². The Bertz CT molecular complexity index is 362. The molecular formula is C16H25NO2. The largest absolute Gasteiger partial charge is 0.379 e. The maximum Gasteiger partial charge on any atom is 0.227 e. The molecule has 19 heavy (non-hydrogen) atoms. The lowest BCUT2D eigenvalue weighted by molar-refractivity contribution is -0.122. The third-order valence-corrected chi connectivity index (χ3v) is 3.00. The number of amides is 1. The van der Waals surface area contributed by atoms with Gasteiger partial charge in [0.1, 0.15) is 0 Å². The Kier molecular flexibility index (Phi) is 7.19. The van der Waals surface area contributed by atoms with Crippen molar-refractivity contribution in [1.29, 1.82) is 0 Å². The molecule has 106 valence electrons. The van der Waals surface area contributed by atoms with Gasteiger partial charge in [-0.25, -0.2) is 0 Å². The van der Waals surface area contributed by atoms with Crippen LogP contribution in [0.5, 0.6) is 0 Å². The van der Waals surface area contributed by atoms with E-state index in [9.17, 15) is 4.79 Å². The van der Waals surface area contributed by atoms with Crippen LogP contribution < -0.4 is 5.32 Å². The van der Waals surface area contributed by atoms with Crippen molar-refractivity contribution in [3.8, 4) is 0 Å². The molecule has 0 fully saturated rings. The molecule has 1 N–H and O–H groups in total. The predicted molar refractivity (Wildman–Crippen MR) is 78.2 cm³/mol. The highest BCUT2D eigenvalue weighted by atomic mass is 16.5. The van der Waals surface area contributed by atoms with Gasteiger partial charge >= 0.3 is 0 Å². The van der Waals surface area contributed by atoms with Crippen molar-refractivity contribution in [2.24, 2.45) is 0 Å². The zero-order chi connectivity index (χ0) is 14.1. The second-order valence-corrected chi connectivity index (χ2v) is 4.94. The molecule has 0 saturated heterocycles. The number of nitrogens with one attached hydrogen (secondary N) is 1. The Morgan fingerprint density at radius 2 is 1.95 bits per heavy atom. The van der Waals surface area contributed by atoms with Gasteiger partial charge in [0.25, 0.3) is 0 Å². The van der Waals surface area contributed by atoms with Crippen LogP contribution in [-0.2, 0) is 9.53 Å². The Balaban J connectivity index is 2.35. The van der Waals surface area contributed by atoms with E-state index < -0.39 is 0 Å². The summed E-state index contributed by atoms with van der Waals surface area (Å²) in [6, 6.07) is 9.94. The number of ether oxygens (including phenoxy) is 1. The summed E-state index contributed by atoms with van der Waals surface area (Å²) in [5.74, 6) is 0.0606. The number of carbonyl (C=O) groups excluding carboxylic acids is 1. The van der Waals surface area contributed by atoms with Crippen LogP contribution in [0, 0.1) is 0 Å². The van der Waals surface area contributed by atoms with Crippen LogP contribution in [0.3, 0.4) is 0 Å². The van der Waals surface area contributed by atoms with Gasteiger partial charge < -0.3 is 10.1 Å². The maximum atomic E-state index is 12.1. The average Bonchev–Trinajstić information content (AvgIpc) is 2.40. The molecule has 1 atom stereocenters.